The van der Waals surface area contributed by atoms with Crippen LogP contribution in [0.15, 0.2) is 35.3 Å². The van der Waals surface area contributed by atoms with Gasteiger partial charge in [-0.1, -0.05) is 0 Å². The summed E-state index contributed by atoms with van der Waals surface area (Å²) in [5.74, 6) is -1.20. The monoisotopic (exact) mass is 268 g/mol. The van der Waals surface area contributed by atoms with E-state index in [1.165, 1.54) is 18.2 Å². The molecule has 1 N–H and O–H groups in total. The minimum Gasteiger partial charge on any atom is -0.325 e. The molecule has 0 bridgehead atoms. The van der Waals surface area contributed by atoms with Crippen molar-refractivity contribution in [3.8, 4) is 0 Å². The van der Waals surface area contributed by atoms with Crippen molar-refractivity contribution in [1.29, 1.82) is 0 Å². The minimum absolute atomic E-state index is 0.270. The molecule has 1 aromatic heterocycles. The van der Waals surface area contributed by atoms with Crippen LogP contribution in [0.4, 0.5) is 8.78 Å². The number of aromatic amines is 1. The normalized spacial score (nSPS) is 10.6. The van der Waals surface area contributed by atoms with Gasteiger partial charge in [-0.25, -0.2) is 8.78 Å². The van der Waals surface area contributed by atoms with Gasteiger partial charge < -0.3 is 4.57 Å². The number of nitrogens with one attached hydrogen (secondary N) is 1. The Bertz CT molecular complexity index is 658. The van der Waals surface area contributed by atoms with Gasteiger partial charge in [0.05, 0.1) is 0 Å². The highest BCUT2D eigenvalue weighted by molar-refractivity contribution is 7.71. The van der Waals surface area contributed by atoms with E-state index in [9.17, 15) is 13.6 Å². The van der Waals surface area contributed by atoms with Gasteiger partial charge >= 0.3 is 0 Å². The Hall–Kier alpha value is -1.82. The molecule has 0 saturated carbocycles. The fourth-order valence-corrected chi connectivity index (χ4v) is 1.88. The van der Waals surface area contributed by atoms with Crippen molar-refractivity contribution in [3.63, 3.8) is 0 Å². The molecule has 0 amide bonds. The molecule has 2 aromatic rings. The van der Waals surface area contributed by atoms with Crippen molar-refractivity contribution < 1.29 is 8.78 Å². The first-order chi connectivity index (χ1) is 8.54. The van der Waals surface area contributed by atoms with Crippen molar-refractivity contribution in [1.82, 2.24) is 9.55 Å². The maximum atomic E-state index is 13.0. The van der Waals surface area contributed by atoms with Gasteiger partial charge in [0.1, 0.15) is 11.6 Å². The molecule has 0 fully saturated rings. The smallest absolute Gasteiger partial charge is 0.251 e. The summed E-state index contributed by atoms with van der Waals surface area (Å²) in [4.78, 5) is 13.4. The SMILES string of the molecule is O=c1ccn(CCc2cc(F)cc(F)c2)c(=S)[nH]1. The lowest BCUT2D eigenvalue weighted by Gasteiger charge is -2.06. The summed E-state index contributed by atoms with van der Waals surface area (Å²) in [6.07, 6.45) is 1.98. The third-order valence-corrected chi connectivity index (χ3v) is 2.80. The zero-order valence-corrected chi connectivity index (χ0v) is 10.1. The fourth-order valence-electron chi connectivity index (χ4n) is 1.63. The lowest BCUT2D eigenvalue weighted by atomic mass is 10.1. The van der Waals surface area contributed by atoms with E-state index in [4.69, 9.17) is 12.2 Å². The van der Waals surface area contributed by atoms with Gasteiger partial charge in [-0.05, 0) is 36.3 Å². The molecule has 0 aliphatic heterocycles. The van der Waals surface area contributed by atoms with Gasteiger partial charge in [-0.2, -0.15) is 0 Å². The predicted octanol–water partition coefficient (Wildman–Crippen LogP) is 2.43. The second kappa shape index (κ2) is 5.22. The Kier molecular flexibility index (Phi) is 3.66. The van der Waals surface area contributed by atoms with Crippen LogP contribution in [0, 0.1) is 16.4 Å². The fraction of sp³-hybridized carbons (Fsp3) is 0.167. The van der Waals surface area contributed by atoms with E-state index in [2.05, 4.69) is 4.98 Å². The average Bonchev–Trinajstić information content (AvgIpc) is 2.26. The zero-order valence-electron chi connectivity index (χ0n) is 9.32. The maximum Gasteiger partial charge on any atom is 0.251 e. The standard InChI is InChI=1S/C12H10F2N2OS/c13-9-5-8(6-10(14)7-9)1-3-16-4-2-11(17)15-12(16)18/h2,4-7H,1,3H2,(H,15,17,18). The summed E-state index contributed by atoms with van der Waals surface area (Å²) >= 11 is 4.97. The molecule has 3 nitrogen and oxygen atoms in total. The van der Waals surface area contributed by atoms with Crippen LogP contribution in [-0.2, 0) is 13.0 Å². The molecule has 2 rings (SSSR count). The molecule has 0 aliphatic rings. The quantitative estimate of drug-likeness (QED) is 0.868. The van der Waals surface area contributed by atoms with E-state index in [0.29, 0.717) is 23.3 Å². The molecule has 6 heteroatoms. The Labute approximate surface area is 107 Å². The Morgan fingerprint density at radius 3 is 2.50 bits per heavy atom. The lowest BCUT2D eigenvalue weighted by molar-refractivity contribution is 0.575. The molecule has 1 aromatic carbocycles. The molecular formula is C12H10F2N2OS. The molecule has 0 unspecified atom stereocenters. The van der Waals surface area contributed by atoms with Crippen LogP contribution in [0.25, 0.3) is 0 Å². The first-order valence-corrected chi connectivity index (χ1v) is 5.70. The highest BCUT2D eigenvalue weighted by Crippen LogP contribution is 2.09. The average molecular weight is 268 g/mol. The van der Waals surface area contributed by atoms with Gasteiger partial charge in [0.25, 0.3) is 5.56 Å². The number of hydrogen-bond acceptors (Lipinski definition) is 2. The van der Waals surface area contributed by atoms with Crippen molar-refractivity contribution in [2.75, 3.05) is 0 Å². The molecule has 18 heavy (non-hydrogen) atoms. The van der Waals surface area contributed by atoms with Crippen LogP contribution < -0.4 is 5.56 Å². The number of hydrogen-bond donors (Lipinski definition) is 1. The molecular weight excluding hydrogens is 258 g/mol. The van der Waals surface area contributed by atoms with Gasteiger partial charge in [0.2, 0.25) is 0 Å². The third kappa shape index (κ3) is 3.10. The van der Waals surface area contributed by atoms with Crippen LogP contribution in [0.1, 0.15) is 5.56 Å². The summed E-state index contributed by atoms with van der Waals surface area (Å²) in [5.41, 5.74) is 0.272. The number of nitrogens with zero attached hydrogens (tertiary/aromatic N) is 1. The largest absolute Gasteiger partial charge is 0.325 e. The van der Waals surface area contributed by atoms with E-state index < -0.39 is 11.6 Å². The second-order valence-corrected chi connectivity index (χ2v) is 4.22. The van der Waals surface area contributed by atoms with Crippen molar-refractivity contribution in [2.45, 2.75) is 13.0 Å². The summed E-state index contributed by atoms with van der Waals surface area (Å²) in [6, 6.07) is 4.73. The lowest BCUT2D eigenvalue weighted by Crippen LogP contribution is -2.12. The van der Waals surface area contributed by atoms with Gasteiger partial charge in [-0.15, -0.1) is 0 Å². The maximum absolute atomic E-state index is 13.0. The van der Waals surface area contributed by atoms with Crippen molar-refractivity contribution >= 4 is 12.2 Å². The van der Waals surface area contributed by atoms with Crippen LogP contribution in [0.2, 0.25) is 0 Å². The van der Waals surface area contributed by atoms with Gasteiger partial charge in [0.15, 0.2) is 4.77 Å². The summed E-state index contributed by atoms with van der Waals surface area (Å²) in [6.45, 7) is 0.443. The highest BCUT2D eigenvalue weighted by atomic mass is 32.1. The van der Waals surface area contributed by atoms with Crippen LogP contribution in [-0.4, -0.2) is 9.55 Å². The Balaban J connectivity index is 2.16. The van der Waals surface area contributed by atoms with Gasteiger partial charge in [0, 0.05) is 24.9 Å². The Morgan fingerprint density at radius 2 is 1.89 bits per heavy atom. The molecule has 0 radical (unpaired) electrons. The number of rotatable bonds is 3. The number of aromatic nitrogens is 2. The van der Waals surface area contributed by atoms with E-state index in [0.717, 1.165) is 6.07 Å². The topological polar surface area (TPSA) is 37.8 Å². The van der Waals surface area contributed by atoms with E-state index >= 15 is 0 Å². The predicted molar refractivity (Wildman–Crippen MR) is 65.9 cm³/mol. The summed E-state index contributed by atoms with van der Waals surface area (Å²) in [5, 5.41) is 0. The number of benzene rings is 1. The van der Waals surface area contributed by atoms with Gasteiger partial charge in [-0.3, -0.25) is 9.78 Å². The van der Waals surface area contributed by atoms with E-state index in [-0.39, 0.29) is 5.56 Å². The molecule has 0 atom stereocenters. The van der Waals surface area contributed by atoms with Crippen LogP contribution >= 0.6 is 12.2 Å². The van der Waals surface area contributed by atoms with Crippen molar-refractivity contribution in [3.05, 3.63) is 62.8 Å². The molecule has 0 aliphatic carbocycles. The summed E-state index contributed by atoms with van der Waals surface area (Å²) < 4.78 is 27.9. The first kappa shape index (κ1) is 12.6. The van der Waals surface area contributed by atoms with E-state index in [1.807, 2.05) is 0 Å². The van der Waals surface area contributed by atoms with Crippen LogP contribution in [0.3, 0.4) is 0 Å². The highest BCUT2D eigenvalue weighted by Gasteiger charge is 2.01. The first-order valence-electron chi connectivity index (χ1n) is 5.29. The number of aryl methyl sites for hydroxylation is 2. The minimum atomic E-state index is -0.602. The second-order valence-electron chi connectivity index (χ2n) is 3.83. The molecule has 1 heterocycles. The molecule has 0 saturated heterocycles. The van der Waals surface area contributed by atoms with Crippen molar-refractivity contribution in [2.24, 2.45) is 0 Å². The third-order valence-electron chi connectivity index (χ3n) is 2.46. The zero-order chi connectivity index (χ0) is 13.1. The Morgan fingerprint density at radius 1 is 1.22 bits per heavy atom. The number of H-pyrrole nitrogens is 1. The van der Waals surface area contributed by atoms with Crippen LogP contribution in [0.5, 0.6) is 0 Å². The van der Waals surface area contributed by atoms with E-state index in [1.54, 1.807) is 10.8 Å². The summed E-state index contributed by atoms with van der Waals surface area (Å²) in [7, 11) is 0. The molecule has 94 valence electrons. The molecule has 0 spiro atoms. The number of halogens is 2.